The molecule has 1 atom stereocenters. The van der Waals surface area contributed by atoms with Crippen LogP contribution < -0.4 is 10.6 Å². The van der Waals surface area contributed by atoms with E-state index in [4.69, 9.17) is 10.7 Å². The number of aliphatic imine (C=N–C) groups is 1. The van der Waals surface area contributed by atoms with Gasteiger partial charge in [0.2, 0.25) is 0 Å². The molecule has 2 aromatic heterocycles. The number of nitriles is 1. The lowest BCUT2D eigenvalue weighted by molar-refractivity contribution is 0.0263. The summed E-state index contributed by atoms with van der Waals surface area (Å²) in [5, 5.41) is 23.0. The average molecular weight is 445 g/mol. The molecule has 3 aromatic rings. The Morgan fingerprint density at radius 1 is 1.34 bits per heavy atom. The van der Waals surface area contributed by atoms with Crippen LogP contribution in [0, 0.1) is 17.2 Å². The molecule has 1 aromatic carbocycles. The van der Waals surface area contributed by atoms with E-state index in [1.54, 1.807) is 12.3 Å². The molecular weight excluding hydrogens is 420 g/mol. The first-order valence-electron chi connectivity index (χ1n) is 10.6. The molecule has 32 heavy (non-hydrogen) atoms. The first-order valence-corrected chi connectivity index (χ1v) is 11.5. The van der Waals surface area contributed by atoms with Crippen molar-refractivity contribution >= 4 is 28.4 Å². The molecule has 8 heteroatoms. The van der Waals surface area contributed by atoms with E-state index >= 15 is 0 Å². The Morgan fingerprint density at radius 2 is 2.16 bits per heavy atom. The van der Waals surface area contributed by atoms with Crippen LogP contribution >= 0.6 is 11.3 Å². The van der Waals surface area contributed by atoms with Crippen LogP contribution in [0.2, 0.25) is 0 Å². The van der Waals surface area contributed by atoms with Gasteiger partial charge in [0.15, 0.2) is 0 Å². The highest BCUT2D eigenvalue weighted by Gasteiger charge is 2.36. The quantitative estimate of drug-likeness (QED) is 0.620. The summed E-state index contributed by atoms with van der Waals surface area (Å²) in [6.07, 6.45) is 2.65. The number of benzene rings is 1. The maximum Gasteiger partial charge on any atom is 0.141 e. The number of aromatic nitrogens is 2. The summed E-state index contributed by atoms with van der Waals surface area (Å²) in [4.78, 5) is 16.0. The molecule has 1 saturated heterocycles. The third-order valence-corrected chi connectivity index (χ3v) is 7.04. The van der Waals surface area contributed by atoms with Gasteiger partial charge in [-0.05, 0) is 32.4 Å². The van der Waals surface area contributed by atoms with E-state index in [9.17, 15) is 10.4 Å². The SMILES string of the molecule is CC(C)(O)C1CCN(c2cccc(-c3nc(-c4nccs4)cc(N)c3C#N)c2C2=NC2)C1. The molecule has 0 amide bonds. The number of nitrogens with two attached hydrogens (primary N) is 1. The summed E-state index contributed by atoms with van der Waals surface area (Å²) in [6.45, 7) is 6.06. The van der Waals surface area contributed by atoms with Crippen molar-refractivity contribution in [2.24, 2.45) is 10.9 Å². The fourth-order valence-corrected chi connectivity index (χ4v) is 4.99. The van der Waals surface area contributed by atoms with Crippen LogP contribution in [0.3, 0.4) is 0 Å². The number of nitrogens with zero attached hydrogens (tertiary/aromatic N) is 5. The number of rotatable bonds is 5. The second-order valence-corrected chi connectivity index (χ2v) is 9.71. The summed E-state index contributed by atoms with van der Waals surface area (Å²) in [6, 6.07) is 10.0. The minimum absolute atomic E-state index is 0.191. The maximum atomic E-state index is 10.5. The molecule has 3 N–H and O–H groups in total. The molecule has 2 aliphatic rings. The van der Waals surface area contributed by atoms with E-state index < -0.39 is 5.60 Å². The smallest absolute Gasteiger partial charge is 0.141 e. The monoisotopic (exact) mass is 444 g/mol. The van der Waals surface area contributed by atoms with Gasteiger partial charge in [0, 0.05) is 47.4 Å². The minimum Gasteiger partial charge on any atom is -0.398 e. The molecule has 0 aliphatic carbocycles. The molecule has 5 rings (SSSR count). The van der Waals surface area contributed by atoms with Gasteiger partial charge in [-0.1, -0.05) is 12.1 Å². The normalized spacial score (nSPS) is 17.9. The molecule has 0 radical (unpaired) electrons. The van der Waals surface area contributed by atoms with Crippen molar-refractivity contribution in [1.82, 2.24) is 9.97 Å². The van der Waals surface area contributed by atoms with Gasteiger partial charge in [0.05, 0.1) is 29.2 Å². The first-order chi connectivity index (χ1) is 15.4. The van der Waals surface area contributed by atoms with Crippen molar-refractivity contribution in [3.8, 4) is 28.0 Å². The van der Waals surface area contributed by atoms with Crippen molar-refractivity contribution in [1.29, 1.82) is 5.26 Å². The van der Waals surface area contributed by atoms with Gasteiger partial charge in [0.1, 0.15) is 22.3 Å². The van der Waals surface area contributed by atoms with Crippen molar-refractivity contribution in [2.45, 2.75) is 25.9 Å². The predicted molar refractivity (Wildman–Crippen MR) is 128 cm³/mol. The standard InChI is InChI=1S/C24H24N6OS/c1-24(2,31)14-6-8-30(13-14)20-5-3-4-15(21(20)19-12-28-19)22-16(11-25)17(26)10-18(29-22)23-27-7-9-32-23/h3-5,7,9-10,14,31H,6,8,12-13H2,1-2H3,(H2,26,29). The number of pyridine rings is 1. The van der Waals surface area contributed by atoms with E-state index in [2.05, 4.69) is 27.0 Å². The van der Waals surface area contributed by atoms with Gasteiger partial charge >= 0.3 is 0 Å². The lowest BCUT2D eigenvalue weighted by Gasteiger charge is -2.27. The Hall–Kier alpha value is -3.28. The van der Waals surface area contributed by atoms with Gasteiger partial charge in [-0.2, -0.15) is 5.26 Å². The summed E-state index contributed by atoms with van der Waals surface area (Å²) in [5.74, 6) is 0.191. The molecule has 0 bridgehead atoms. The highest BCUT2D eigenvalue weighted by atomic mass is 32.1. The number of anilines is 2. The Bertz CT molecular complexity index is 1250. The lowest BCUT2D eigenvalue weighted by atomic mass is 9.90. The summed E-state index contributed by atoms with van der Waals surface area (Å²) >= 11 is 1.48. The van der Waals surface area contributed by atoms with E-state index in [1.165, 1.54) is 11.3 Å². The zero-order valence-electron chi connectivity index (χ0n) is 18.0. The Morgan fingerprint density at radius 3 is 2.78 bits per heavy atom. The van der Waals surface area contributed by atoms with Gasteiger partial charge in [-0.3, -0.25) is 4.99 Å². The van der Waals surface area contributed by atoms with Crippen molar-refractivity contribution in [2.75, 3.05) is 30.3 Å². The second-order valence-electron chi connectivity index (χ2n) is 8.82. The largest absolute Gasteiger partial charge is 0.398 e. The highest BCUT2D eigenvalue weighted by Crippen LogP contribution is 2.40. The molecule has 0 spiro atoms. The van der Waals surface area contributed by atoms with Gasteiger partial charge in [-0.25, -0.2) is 9.97 Å². The highest BCUT2D eigenvalue weighted by molar-refractivity contribution is 7.13. The molecule has 4 heterocycles. The third-order valence-electron chi connectivity index (χ3n) is 6.24. The van der Waals surface area contributed by atoms with Crippen molar-refractivity contribution < 1.29 is 5.11 Å². The first kappa shape index (κ1) is 20.6. The van der Waals surface area contributed by atoms with Crippen LogP contribution in [0.4, 0.5) is 11.4 Å². The number of thiazole rings is 1. The van der Waals surface area contributed by atoms with Gasteiger partial charge in [0.25, 0.3) is 0 Å². The van der Waals surface area contributed by atoms with Crippen LogP contribution in [0.25, 0.3) is 22.0 Å². The Kier molecular flexibility index (Phi) is 4.96. The topological polar surface area (TPSA) is 111 Å². The minimum atomic E-state index is -0.727. The maximum absolute atomic E-state index is 10.5. The lowest BCUT2D eigenvalue weighted by Crippen LogP contribution is -2.33. The molecule has 162 valence electrons. The van der Waals surface area contributed by atoms with Gasteiger partial charge in [-0.15, -0.1) is 11.3 Å². The third kappa shape index (κ3) is 3.64. The zero-order valence-corrected chi connectivity index (χ0v) is 18.9. The number of nitrogen functional groups attached to an aromatic ring is 1. The fraction of sp³-hybridized carbons (Fsp3) is 0.333. The van der Waals surface area contributed by atoms with Crippen molar-refractivity contribution in [3.05, 3.63) is 47.0 Å². The van der Waals surface area contributed by atoms with Crippen LogP contribution in [0.15, 0.2) is 40.8 Å². The predicted octanol–water partition coefficient (Wildman–Crippen LogP) is 3.73. The van der Waals surface area contributed by atoms with Crippen LogP contribution in [-0.2, 0) is 0 Å². The van der Waals surface area contributed by atoms with E-state index in [0.29, 0.717) is 29.2 Å². The molecule has 0 saturated carbocycles. The zero-order chi connectivity index (χ0) is 22.5. The molecular formula is C24H24N6OS. The summed E-state index contributed by atoms with van der Waals surface area (Å²) < 4.78 is 0. The molecule has 1 unspecified atom stereocenters. The second kappa shape index (κ2) is 7.69. The number of aliphatic hydroxyl groups is 1. The Labute approximate surface area is 190 Å². The average Bonchev–Trinajstić information content (AvgIpc) is 3.24. The van der Waals surface area contributed by atoms with Crippen LogP contribution in [-0.4, -0.2) is 46.0 Å². The summed E-state index contributed by atoms with van der Waals surface area (Å²) in [7, 11) is 0. The summed E-state index contributed by atoms with van der Waals surface area (Å²) in [5.41, 5.74) is 11.5. The number of hydrogen-bond donors (Lipinski definition) is 2. The van der Waals surface area contributed by atoms with E-state index in [0.717, 1.165) is 47.0 Å². The molecule has 2 aliphatic heterocycles. The van der Waals surface area contributed by atoms with Crippen LogP contribution in [0.1, 0.15) is 31.4 Å². The van der Waals surface area contributed by atoms with Crippen molar-refractivity contribution in [3.63, 3.8) is 0 Å². The Balaban J connectivity index is 1.65. The van der Waals surface area contributed by atoms with E-state index in [-0.39, 0.29) is 5.92 Å². The van der Waals surface area contributed by atoms with Crippen LogP contribution in [0.5, 0.6) is 0 Å². The number of hydrogen-bond acceptors (Lipinski definition) is 8. The van der Waals surface area contributed by atoms with E-state index in [1.807, 2.05) is 31.4 Å². The molecule has 7 nitrogen and oxygen atoms in total. The molecule has 1 fully saturated rings. The van der Waals surface area contributed by atoms with Gasteiger partial charge < -0.3 is 15.7 Å². The fourth-order valence-electron chi connectivity index (χ4n) is 4.39.